The molecule has 3 N–H and O–H groups in total. The highest BCUT2D eigenvalue weighted by Crippen LogP contribution is 2.28. The van der Waals surface area contributed by atoms with Gasteiger partial charge in [-0.3, -0.25) is 14.9 Å². The molecule has 1 amide bonds. The molecule has 1 aliphatic heterocycles. The highest BCUT2D eigenvalue weighted by molar-refractivity contribution is 7.99. The summed E-state index contributed by atoms with van der Waals surface area (Å²) in [7, 11) is 3.08. The number of carboxylic acid groups (broad SMARTS) is 2. The van der Waals surface area contributed by atoms with Crippen LogP contribution in [0.5, 0.6) is 11.5 Å². The van der Waals surface area contributed by atoms with Crippen LogP contribution in [0, 0.1) is 0 Å². The second-order valence-electron chi connectivity index (χ2n) is 7.62. The van der Waals surface area contributed by atoms with Gasteiger partial charge in [-0.15, -0.1) is 0 Å². The Morgan fingerprint density at radius 1 is 1.26 bits per heavy atom. The van der Waals surface area contributed by atoms with E-state index in [9.17, 15) is 24.6 Å². The maximum absolute atomic E-state index is 13.0. The molecule has 0 radical (unpaired) electrons. The van der Waals surface area contributed by atoms with Gasteiger partial charge in [0.1, 0.15) is 23.1 Å². The Hall–Kier alpha value is -2.46. The van der Waals surface area contributed by atoms with Crippen molar-refractivity contribution in [2.45, 2.75) is 44.3 Å². The lowest BCUT2D eigenvalue weighted by atomic mass is 10.00. The summed E-state index contributed by atoms with van der Waals surface area (Å²) in [5.41, 5.74) is -0.525. The van der Waals surface area contributed by atoms with Crippen LogP contribution in [0.25, 0.3) is 0 Å². The standard InChI is InChI=1S/C21H30N2O7S/c1-13(18(24)23-9-10-31-12-21(23,2)20(27)28)22-16(19(25)26)7-5-14-11-15(29-3)6-8-17(14)30-4/h6,8,11,13,16,22H,5,7,9-10,12H2,1-4H3,(H,25,26)(H,27,28)/t13-,16?,21?/m0/s1. The molecule has 1 heterocycles. The van der Waals surface area contributed by atoms with Crippen molar-refractivity contribution in [1.82, 2.24) is 10.2 Å². The molecule has 31 heavy (non-hydrogen) atoms. The summed E-state index contributed by atoms with van der Waals surface area (Å²) < 4.78 is 10.6. The Bertz CT molecular complexity index is 819. The van der Waals surface area contributed by atoms with Crippen molar-refractivity contribution < 1.29 is 34.1 Å². The van der Waals surface area contributed by atoms with Gasteiger partial charge in [0.25, 0.3) is 0 Å². The number of aliphatic carboxylic acids is 2. The molecular formula is C21H30N2O7S. The molecule has 9 nitrogen and oxygen atoms in total. The number of aryl methyl sites for hydroxylation is 1. The van der Waals surface area contributed by atoms with Gasteiger partial charge in [0.2, 0.25) is 5.91 Å². The molecule has 0 aliphatic carbocycles. The summed E-state index contributed by atoms with van der Waals surface area (Å²) in [6.07, 6.45) is 0.598. The Labute approximate surface area is 186 Å². The molecule has 10 heteroatoms. The van der Waals surface area contributed by atoms with Gasteiger partial charge in [0, 0.05) is 18.1 Å². The topological polar surface area (TPSA) is 125 Å². The molecule has 1 aliphatic rings. The lowest BCUT2D eigenvalue weighted by Crippen LogP contribution is -2.63. The molecule has 1 aromatic rings. The maximum atomic E-state index is 13.0. The summed E-state index contributed by atoms with van der Waals surface area (Å²) >= 11 is 1.48. The van der Waals surface area contributed by atoms with E-state index in [2.05, 4.69) is 5.32 Å². The van der Waals surface area contributed by atoms with E-state index in [0.29, 0.717) is 36.0 Å². The number of benzene rings is 1. The van der Waals surface area contributed by atoms with Crippen LogP contribution >= 0.6 is 11.8 Å². The van der Waals surface area contributed by atoms with Crippen LogP contribution in [0.4, 0.5) is 0 Å². The molecule has 1 aromatic carbocycles. The number of thioether (sulfide) groups is 1. The predicted octanol–water partition coefficient (Wildman–Crippen LogP) is 1.49. The number of hydrogen-bond acceptors (Lipinski definition) is 7. The zero-order valence-corrected chi connectivity index (χ0v) is 19.0. The quantitative estimate of drug-likeness (QED) is 0.482. The lowest BCUT2D eigenvalue weighted by Gasteiger charge is -2.42. The number of carbonyl (C=O) groups is 3. The number of carboxylic acids is 2. The fourth-order valence-electron chi connectivity index (χ4n) is 3.54. The normalized spacial score (nSPS) is 20.6. The van der Waals surface area contributed by atoms with Gasteiger partial charge in [0.05, 0.1) is 20.3 Å². The molecule has 0 spiro atoms. The molecular weight excluding hydrogens is 424 g/mol. The van der Waals surface area contributed by atoms with Crippen molar-refractivity contribution in [1.29, 1.82) is 0 Å². The van der Waals surface area contributed by atoms with E-state index in [0.717, 1.165) is 5.56 Å². The molecule has 2 rings (SSSR count). The summed E-state index contributed by atoms with van der Waals surface area (Å²) in [6.45, 7) is 3.39. The largest absolute Gasteiger partial charge is 0.497 e. The number of methoxy groups -OCH3 is 2. The van der Waals surface area contributed by atoms with E-state index < -0.39 is 35.5 Å². The number of hydrogen-bond donors (Lipinski definition) is 3. The summed E-state index contributed by atoms with van der Waals surface area (Å²) in [5.74, 6) is -0.391. The first-order valence-corrected chi connectivity index (χ1v) is 11.1. The molecule has 1 fully saturated rings. The first-order chi connectivity index (χ1) is 14.6. The Kier molecular flexibility index (Phi) is 8.58. The van der Waals surface area contributed by atoms with Crippen LogP contribution in [0.15, 0.2) is 18.2 Å². The molecule has 0 bridgehead atoms. The van der Waals surface area contributed by atoms with Crippen molar-refractivity contribution in [2.75, 3.05) is 32.3 Å². The number of rotatable bonds is 10. The molecule has 0 aromatic heterocycles. The Morgan fingerprint density at radius 3 is 2.55 bits per heavy atom. The van der Waals surface area contributed by atoms with Crippen LogP contribution in [0.2, 0.25) is 0 Å². The molecule has 2 unspecified atom stereocenters. The van der Waals surface area contributed by atoms with Crippen molar-refractivity contribution in [2.24, 2.45) is 0 Å². The van der Waals surface area contributed by atoms with Gasteiger partial charge in [-0.05, 0) is 50.5 Å². The summed E-state index contributed by atoms with van der Waals surface area (Å²) in [4.78, 5) is 37.9. The van der Waals surface area contributed by atoms with Crippen LogP contribution in [0.1, 0.15) is 25.8 Å². The molecule has 0 saturated carbocycles. The minimum atomic E-state index is -1.32. The van der Waals surface area contributed by atoms with E-state index in [1.165, 1.54) is 30.7 Å². The highest BCUT2D eigenvalue weighted by Gasteiger charge is 2.45. The first-order valence-electron chi connectivity index (χ1n) is 9.96. The van der Waals surface area contributed by atoms with Gasteiger partial charge in [0.15, 0.2) is 0 Å². The van der Waals surface area contributed by atoms with Crippen LogP contribution < -0.4 is 14.8 Å². The second kappa shape index (κ2) is 10.7. The van der Waals surface area contributed by atoms with E-state index in [1.54, 1.807) is 32.2 Å². The van der Waals surface area contributed by atoms with Gasteiger partial charge < -0.3 is 24.6 Å². The second-order valence-corrected chi connectivity index (χ2v) is 8.72. The molecule has 1 saturated heterocycles. The Morgan fingerprint density at radius 2 is 1.97 bits per heavy atom. The predicted molar refractivity (Wildman–Crippen MR) is 117 cm³/mol. The SMILES string of the molecule is COc1ccc(OC)c(CCC(N[C@@H](C)C(=O)N2CCSCC2(C)C(=O)O)C(=O)O)c1. The monoisotopic (exact) mass is 454 g/mol. The van der Waals surface area contributed by atoms with E-state index in [1.807, 2.05) is 0 Å². The minimum absolute atomic E-state index is 0.211. The third-order valence-corrected chi connectivity index (χ3v) is 6.71. The lowest BCUT2D eigenvalue weighted by molar-refractivity contribution is -0.157. The number of nitrogens with zero attached hydrogens (tertiary/aromatic N) is 1. The third-order valence-electron chi connectivity index (χ3n) is 5.47. The van der Waals surface area contributed by atoms with E-state index in [4.69, 9.17) is 9.47 Å². The number of amides is 1. The zero-order valence-electron chi connectivity index (χ0n) is 18.2. The average Bonchev–Trinajstić information content (AvgIpc) is 2.75. The third kappa shape index (κ3) is 5.82. The number of carbonyl (C=O) groups excluding carboxylic acids is 1. The average molecular weight is 455 g/mol. The summed E-state index contributed by atoms with van der Waals surface area (Å²) in [5, 5.41) is 22.2. The number of ether oxygens (including phenoxy) is 2. The fraction of sp³-hybridized carbons (Fsp3) is 0.571. The van der Waals surface area contributed by atoms with Gasteiger partial charge >= 0.3 is 11.9 Å². The molecule has 3 atom stereocenters. The van der Waals surface area contributed by atoms with Crippen LogP contribution in [0.3, 0.4) is 0 Å². The van der Waals surface area contributed by atoms with Crippen molar-refractivity contribution in [3.05, 3.63) is 23.8 Å². The van der Waals surface area contributed by atoms with E-state index in [-0.39, 0.29) is 6.42 Å². The van der Waals surface area contributed by atoms with Crippen molar-refractivity contribution in [3.63, 3.8) is 0 Å². The highest BCUT2D eigenvalue weighted by atomic mass is 32.2. The summed E-state index contributed by atoms with van der Waals surface area (Å²) in [6, 6.07) is 3.45. The fourth-order valence-corrected chi connectivity index (χ4v) is 4.68. The minimum Gasteiger partial charge on any atom is -0.497 e. The van der Waals surface area contributed by atoms with E-state index >= 15 is 0 Å². The smallest absolute Gasteiger partial charge is 0.330 e. The van der Waals surface area contributed by atoms with Gasteiger partial charge in [-0.2, -0.15) is 11.8 Å². The van der Waals surface area contributed by atoms with Gasteiger partial charge in [-0.25, -0.2) is 4.79 Å². The molecule has 172 valence electrons. The Balaban J connectivity index is 2.10. The van der Waals surface area contributed by atoms with Crippen molar-refractivity contribution in [3.8, 4) is 11.5 Å². The maximum Gasteiger partial charge on any atom is 0.330 e. The first kappa shape index (κ1) is 24.8. The van der Waals surface area contributed by atoms with Crippen LogP contribution in [-0.2, 0) is 20.8 Å². The zero-order chi connectivity index (χ0) is 23.2. The van der Waals surface area contributed by atoms with Crippen molar-refractivity contribution >= 4 is 29.6 Å². The van der Waals surface area contributed by atoms with Crippen LogP contribution in [-0.4, -0.2) is 82.9 Å². The number of nitrogens with one attached hydrogen (secondary N) is 1. The van der Waals surface area contributed by atoms with Gasteiger partial charge in [-0.1, -0.05) is 0 Å².